The van der Waals surface area contributed by atoms with Gasteiger partial charge in [-0.25, -0.2) is 0 Å². The first-order valence-corrected chi connectivity index (χ1v) is 13.1. The molecule has 170 valence electrons. The Bertz CT molecular complexity index is 1220. The molecule has 5 rings (SSSR count). The molecule has 2 aliphatic rings. The van der Waals surface area contributed by atoms with Crippen LogP contribution >= 0.6 is 22.6 Å². The van der Waals surface area contributed by atoms with E-state index >= 15 is 0 Å². The number of alkyl halides is 1. The first-order valence-electron chi connectivity index (χ1n) is 11.9. The zero-order valence-electron chi connectivity index (χ0n) is 19.1. The number of carbonyl (C=O) groups excluding carboxylic acids is 1. The Morgan fingerprint density at radius 1 is 1.12 bits per heavy atom. The lowest BCUT2D eigenvalue weighted by atomic mass is 9.95. The Morgan fingerprint density at radius 3 is 2.58 bits per heavy atom. The monoisotopic (exact) mass is 552 g/mol. The molecule has 0 aliphatic heterocycles. The van der Waals surface area contributed by atoms with E-state index < -0.39 is 0 Å². The highest BCUT2D eigenvalue weighted by molar-refractivity contribution is 14.1. The van der Waals surface area contributed by atoms with Crippen LogP contribution in [0.4, 0.5) is 0 Å². The summed E-state index contributed by atoms with van der Waals surface area (Å²) in [7, 11) is 0. The lowest BCUT2D eigenvalue weighted by Gasteiger charge is -2.26. The predicted molar refractivity (Wildman–Crippen MR) is 140 cm³/mol. The molecule has 1 atom stereocenters. The van der Waals surface area contributed by atoms with Crippen molar-refractivity contribution >= 4 is 39.4 Å². The third-order valence-electron chi connectivity index (χ3n) is 6.91. The minimum absolute atomic E-state index is 0.0240. The number of nitrogens with one attached hydrogen (secondary N) is 1. The summed E-state index contributed by atoms with van der Waals surface area (Å²) in [6.45, 7) is 3.94. The number of hydrogen-bond acceptors (Lipinski definition) is 3. The molecule has 0 bridgehead atoms. The zero-order valence-corrected chi connectivity index (χ0v) is 21.3. The molecule has 0 spiro atoms. The lowest BCUT2D eigenvalue weighted by Crippen LogP contribution is -2.38. The number of pyridine rings is 1. The molecule has 3 aromatic rings. The van der Waals surface area contributed by atoms with Crippen LogP contribution in [0.25, 0.3) is 10.9 Å². The molecular formula is C27H29IN4O. The average molecular weight is 552 g/mol. The average Bonchev–Trinajstić information content (AvgIpc) is 3.59. The summed E-state index contributed by atoms with van der Waals surface area (Å²) >= 11 is 2.52. The van der Waals surface area contributed by atoms with Gasteiger partial charge in [-0.3, -0.25) is 14.5 Å². The number of rotatable bonds is 5. The third-order valence-corrected chi connectivity index (χ3v) is 8.15. The van der Waals surface area contributed by atoms with Crippen LogP contribution in [0.1, 0.15) is 91.5 Å². The first kappa shape index (κ1) is 22.4. The summed E-state index contributed by atoms with van der Waals surface area (Å²) in [5.74, 6) is 6.77. The molecule has 2 fully saturated rings. The summed E-state index contributed by atoms with van der Waals surface area (Å²) in [6, 6.07) is 8.33. The molecule has 1 N–H and O–H groups in total. The van der Waals surface area contributed by atoms with E-state index in [9.17, 15) is 4.79 Å². The van der Waals surface area contributed by atoms with Gasteiger partial charge in [0.25, 0.3) is 5.91 Å². The molecule has 0 saturated heterocycles. The molecule has 2 aromatic heterocycles. The second-order valence-electron chi connectivity index (χ2n) is 9.28. The number of aromatic nitrogens is 3. The van der Waals surface area contributed by atoms with Gasteiger partial charge in [0.2, 0.25) is 0 Å². The van der Waals surface area contributed by atoms with Crippen LogP contribution in [0.3, 0.4) is 0 Å². The molecule has 1 aromatic carbocycles. The highest BCUT2D eigenvalue weighted by Gasteiger charge is 2.26. The van der Waals surface area contributed by atoms with E-state index in [1.807, 2.05) is 36.1 Å². The van der Waals surface area contributed by atoms with Crippen LogP contribution in [-0.2, 0) is 0 Å². The van der Waals surface area contributed by atoms with E-state index in [0.29, 0.717) is 11.5 Å². The van der Waals surface area contributed by atoms with E-state index in [1.165, 1.54) is 18.5 Å². The van der Waals surface area contributed by atoms with Crippen molar-refractivity contribution in [1.29, 1.82) is 0 Å². The van der Waals surface area contributed by atoms with Gasteiger partial charge in [-0.1, -0.05) is 34.6 Å². The minimum Gasteiger partial charge on any atom is -0.349 e. The number of halogens is 1. The van der Waals surface area contributed by atoms with Gasteiger partial charge in [0, 0.05) is 38.7 Å². The van der Waals surface area contributed by atoms with Crippen molar-refractivity contribution < 1.29 is 4.79 Å². The quantitative estimate of drug-likeness (QED) is 0.249. The van der Waals surface area contributed by atoms with E-state index in [2.05, 4.69) is 58.8 Å². The molecule has 5 nitrogen and oxygen atoms in total. The van der Waals surface area contributed by atoms with Gasteiger partial charge >= 0.3 is 0 Å². The van der Waals surface area contributed by atoms with Crippen molar-refractivity contribution in [2.75, 3.05) is 0 Å². The number of amides is 1. The Hall–Kier alpha value is -2.40. The third kappa shape index (κ3) is 4.65. The molecule has 0 radical (unpaired) electrons. The molecule has 0 unspecified atom stereocenters. The summed E-state index contributed by atoms with van der Waals surface area (Å²) < 4.78 is 2.68. The molecule has 2 aliphatic carbocycles. The maximum absolute atomic E-state index is 13.4. The van der Waals surface area contributed by atoms with Crippen molar-refractivity contribution in [2.24, 2.45) is 0 Å². The van der Waals surface area contributed by atoms with Crippen LogP contribution in [0.15, 0.2) is 36.7 Å². The van der Waals surface area contributed by atoms with Crippen LogP contribution in [-0.4, -0.2) is 30.6 Å². The summed E-state index contributed by atoms with van der Waals surface area (Å²) in [4.78, 5) is 18.1. The maximum Gasteiger partial charge on any atom is 0.253 e. The summed E-state index contributed by atoms with van der Waals surface area (Å²) in [5, 5.41) is 8.93. The van der Waals surface area contributed by atoms with Gasteiger partial charge in [0.05, 0.1) is 23.3 Å². The Kier molecular flexibility index (Phi) is 6.42. The van der Waals surface area contributed by atoms with Crippen LogP contribution in [0.2, 0.25) is 0 Å². The van der Waals surface area contributed by atoms with Gasteiger partial charge in [-0.15, -0.1) is 5.92 Å². The fraction of sp³-hybridized carbons (Fsp3) is 0.444. The van der Waals surface area contributed by atoms with Gasteiger partial charge < -0.3 is 5.32 Å². The minimum atomic E-state index is -0.0471. The zero-order chi connectivity index (χ0) is 22.9. The number of fused-ring (bicyclic) bond motifs is 1. The van der Waals surface area contributed by atoms with Crippen molar-refractivity contribution in [3.05, 3.63) is 59.0 Å². The summed E-state index contributed by atoms with van der Waals surface area (Å²) in [6.07, 6.45) is 10.7. The standard InChI is InChI=1S/C27H29IN4O/c1-3-4-18-7-13-23(27(33)31-22-11-9-21(28)10-12-22)26-24(18)16-30-32(26)17(2)20-8-14-25(29-15-20)19-5-6-19/h7-8,13-17,19,21-22H,5-6,9-12H2,1-2H3,(H,31,33)/t17-,21?,22?/m1/s1. The van der Waals surface area contributed by atoms with Gasteiger partial charge in [0.15, 0.2) is 0 Å². The number of hydrogen-bond donors (Lipinski definition) is 1. The lowest BCUT2D eigenvalue weighted by molar-refractivity contribution is 0.0929. The maximum atomic E-state index is 13.4. The van der Waals surface area contributed by atoms with E-state index in [1.54, 1.807) is 0 Å². The second kappa shape index (κ2) is 9.46. The summed E-state index contributed by atoms with van der Waals surface area (Å²) in [5.41, 5.74) is 4.67. The molecule has 1 amide bonds. The highest BCUT2D eigenvalue weighted by Crippen LogP contribution is 2.39. The van der Waals surface area contributed by atoms with E-state index in [-0.39, 0.29) is 18.0 Å². The van der Waals surface area contributed by atoms with Crippen molar-refractivity contribution in [3.63, 3.8) is 0 Å². The van der Waals surface area contributed by atoms with Gasteiger partial charge in [-0.2, -0.15) is 5.10 Å². The second-order valence-corrected chi connectivity index (χ2v) is 11.0. The predicted octanol–water partition coefficient (Wildman–Crippen LogP) is 5.77. The van der Waals surface area contributed by atoms with E-state index in [0.717, 1.165) is 51.6 Å². The van der Waals surface area contributed by atoms with Crippen molar-refractivity contribution in [1.82, 2.24) is 20.1 Å². The normalized spacial score (nSPS) is 21.3. The van der Waals surface area contributed by atoms with Crippen LogP contribution < -0.4 is 5.32 Å². The smallest absolute Gasteiger partial charge is 0.253 e. The number of benzene rings is 1. The number of nitrogens with zero attached hydrogens (tertiary/aromatic N) is 3. The Balaban J connectivity index is 1.50. The largest absolute Gasteiger partial charge is 0.349 e. The molecule has 6 heteroatoms. The van der Waals surface area contributed by atoms with Crippen molar-refractivity contribution in [2.45, 2.75) is 74.3 Å². The fourth-order valence-corrected chi connectivity index (χ4v) is 5.49. The topological polar surface area (TPSA) is 59.8 Å². The first-order chi connectivity index (χ1) is 16.0. The van der Waals surface area contributed by atoms with Gasteiger partial charge in [0.1, 0.15) is 0 Å². The van der Waals surface area contributed by atoms with Gasteiger partial charge in [-0.05, 0) is 76.1 Å². The SMILES string of the molecule is CC#Cc1ccc(C(=O)NC2CCC(I)CC2)c2c1cnn2[C@H](C)c1ccc(C2CC2)nc1. The number of carbonyl (C=O) groups is 1. The molecule has 2 saturated carbocycles. The molecule has 33 heavy (non-hydrogen) atoms. The van der Waals surface area contributed by atoms with Crippen LogP contribution in [0, 0.1) is 11.8 Å². The molecule has 2 heterocycles. The molecular weight excluding hydrogens is 523 g/mol. The fourth-order valence-electron chi connectivity index (χ4n) is 4.77. The Labute approximate surface area is 208 Å². The van der Waals surface area contributed by atoms with E-state index in [4.69, 9.17) is 10.1 Å². The highest BCUT2D eigenvalue weighted by atomic mass is 127. The van der Waals surface area contributed by atoms with Crippen LogP contribution in [0.5, 0.6) is 0 Å². The van der Waals surface area contributed by atoms with Crippen molar-refractivity contribution in [3.8, 4) is 11.8 Å². The Morgan fingerprint density at radius 2 is 1.91 bits per heavy atom.